The van der Waals surface area contributed by atoms with Crippen LogP contribution in [-0.4, -0.2) is 20.4 Å². The number of carbonyl (C=O) groups excluding carboxylic acids is 1. The Kier molecular flexibility index (Phi) is 4.73. The van der Waals surface area contributed by atoms with Gasteiger partial charge in [0.25, 0.3) is 0 Å². The van der Waals surface area contributed by atoms with Gasteiger partial charge in [0.05, 0.1) is 29.7 Å². The third kappa shape index (κ3) is 3.75. The van der Waals surface area contributed by atoms with Gasteiger partial charge in [0.1, 0.15) is 10.8 Å². The minimum atomic E-state index is -0.0530. The molecule has 27 heavy (non-hydrogen) atoms. The molecule has 0 radical (unpaired) electrons. The van der Waals surface area contributed by atoms with Gasteiger partial charge in [-0.3, -0.25) is 4.79 Å². The Morgan fingerprint density at radius 2 is 1.89 bits per heavy atom. The van der Waals surface area contributed by atoms with Gasteiger partial charge < -0.3 is 9.88 Å². The Morgan fingerprint density at radius 3 is 2.67 bits per heavy atom. The zero-order valence-electron chi connectivity index (χ0n) is 15.3. The summed E-state index contributed by atoms with van der Waals surface area (Å²) in [6.07, 6.45) is 0.270. The Morgan fingerprint density at radius 1 is 1.11 bits per heavy atom. The van der Waals surface area contributed by atoms with Crippen LogP contribution >= 0.6 is 11.3 Å². The molecular weight excluding hydrogens is 356 g/mol. The molecule has 0 fully saturated rings. The van der Waals surface area contributed by atoms with Gasteiger partial charge in [0.15, 0.2) is 0 Å². The average Bonchev–Trinajstić information content (AvgIpc) is 3.26. The second-order valence-corrected chi connectivity index (χ2v) is 7.40. The fourth-order valence-electron chi connectivity index (χ4n) is 2.98. The molecule has 4 rings (SSSR count). The van der Waals surface area contributed by atoms with E-state index in [0.29, 0.717) is 6.54 Å². The molecule has 6 heteroatoms. The van der Waals surface area contributed by atoms with E-state index in [2.05, 4.69) is 46.5 Å². The van der Waals surface area contributed by atoms with Crippen LogP contribution in [0.1, 0.15) is 17.1 Å². The molecular formula is C21H20N4OS. The summed E-state index contributed by atoms with van der Waals surface area (Å²) in [5.41, 5.74) is 5.09. The quantitative estimate of drug-likeness (QED) is 0.575. The van der Waals surface area contributed by atoms with E-state index in [9.17, 15) is 4.79 Å². The summed E-state index contributed by atoms with van der Waals surface area (Å²) >= 11 is 1.56. The van der Waals surface area contributed by atoms with Crippen molar-refractivity contribution in [2.75, 3.05) is 0 Å². The molecule has 4 aromatic rings. The van der Waals surface area contributed by atoms with Crippen LogP contribution < -0.4 is 5.32 Å². The zero-order valence-corrected chi connectivity index (χ0v) is 16.1. The van der Waals surface area contributed by atoms with Crippen LogP contribution in [0.4, 0.5) is 0 Å². The molecule has 0 unspecified atom stereocenters. The highest BCUT2D eigenvalue weighted by Crippen LogP contribution is 2.24. The van der Waals surface area contributed by atoms with E-state index in [0.717, 1.165) is 33.1 Å². The lowest BCUT2D eigenvalue weighted by atomic mass is 10.2. The van der Waals surface area contributed by atoms with E-state index in [-0.39, 0.29) is 12.3 Å². The highest BCUT2D eigenvalue weighted by Gasteiger charge is 2.11. The third-order valence-corrected chi connectivity index (χ3v) is 5.46. The largest absolute Gasteiger partial charge is 0.349 e. The van der Waals surface area contributed by atoms with Crippen LogP contribution in [0.3, 0.4) is 0 Å². The molecule has 0 spiro atoms. The first-order chi connectivity index (χ1) is 13.1. The van der Waals surface area contributed by atoms with Crippen LogP contribution in [0.15, 0.2) is 53.9 Å². The lowest BCUT2D eigenvalue weighted by molar-refractivity contribution is -0.120. The predicted octanol–water partition coefficient (Wildman–Crippen LogP) is 3.86. The van der Waals surface area contributed by atoms with Crippen LogP contribution in [0.5, 0.6) is 0 Å². The SMILES string of the molecule is Cc1ccc(-c2nc(CC(=O)NCc3nc4ccccc4n3C)cs2)cc1. The number of imidazole rings is 1. The van der Waals surface area contributed by atoms with Crippen molar-refractivity contribution in [3.8, 4) is 10.6 Å². The van der Waals surface area contributed by atoms with Gasteiger partial charge in [-0.25, -0.2) is 9.97 Å². The van der Waals surface area contributed by atoms with E-state index in [1.54, 1.807) is 11.3 Å². The molecule has 0 bridgehead atoms. The minimum Gasteiger partial charge on any atom is -0.349 e. The number of aromatic nitrogens is 3. The monoisotopic (exact) mass is 376 g/mol. The molecule has 0 aliphatic carbocycles. The summed E-state index contributed by atoms with van der Waals surface area (Å²) in [5, 5.41) is 5.83. The average molecular weight is 376 g/mol. The van der Waals surface area contributed by atoms with Gasteiger partial charge in [-0.2, -0.15) is 0 Å². The van der Waals surface area contributed by atoms with E-state index < -0.39 is 0 Å². The summed E-state index contributed by atoms with van der Waals surface area (Å²) in [7, 11) is 1.96. The van der Waals surface area contributed by atoms with Gasteiger partial charge in [-0.15, -0.1) is 11.3 Å². The van der Waals surface area contributed by atoms with E-state index in [1.165, 1.54) is 5.56 Å². The topological polar surface area (TPSA) is 59.8 Å². The molecule has 0 atom stereocenters. The fraction of sp³-hybridized carbons (Fsp3) is 0.190. The molecule has 1 N–H and O–H groups in total. The van der Waals surface area contributed by atoms with Crippen molar-refractivity contribution in [2.24, 2.45) is 7.05 Å². The van der Waals surface area contributed by atoms with Gasteiger partial charge in [-0.1, -0.05) is 42.0 Å². The smallest absolute Gasteiger partial charge is 0.226 e. The summed E-state index contributed by atoms with van der Waals surface area (Å²) in [6.45, 7) is 2.46. The first kappa shape index (κ1) is 17.4. The second-order valence-electron chi connectivity index (χ2n) is 6.54. The first-order valence-corrected chi connectivity index (χ1v) is 9.66. The van der Waals surface area contributed by atoms with E-state index >= 15 is 0 Å². The number of para-hydroxylation sites is 2. The second kappa shape index (κ2) is 7.32. The maximum Gasteiger partial charge on any atom is 0.226 e. The number of rotatable bonds is 5. The highest BCUT2D eigenvalue weighted by atomic mass is 32.1. The van der Waals surface area contributed by atoms with Gasteiger partial charge in [-0.05, 0) is 19.1 Å². The van der Waals surface area contributed by atoms with Crippen LogP contribution in [0, 0.1) is 6.92 Å². The number of fused-ring (bicyclic) bond motifs is 1. The van der Waals surface area contributed by atoms with Gasteiger partial charge >= 0.3 is 0 Å². The summed E-state index contributed by atoms with van der Waals surface area (Å²) < 4.78 is 2.01. The summed E-state index contributed by atoms with van der Waals surface area (Å²) in [5.74, 6) is 0.783. The number of hydrogen-bond acceptors (Lipinski definition) is 4. The third-order valence-electron chi connectivity index (χ3n) is 4.52. The number of benzene rings is 2. The van der Waals surface area contributed by atoms with Crippen LogP contribution in [0.2, 0.25) is 0 Å². The highest BCUT2D eigenvalue weighted by molar-refractivity contribution is 7.13. The molecule has 1 amide bonds. The van der Waals surface area contributed by atoms with Crippen molar-refractivity contribution in [3.05, 3.63) is 71.0 Å². The van der Waals surface area contributed by atoms with Crippen LogP contribution in [0.25, 0.3) is 21.6 Å². The summed E-state index contributed by atoms with van der Waals surface area (Å²) in [6, 6.07) is 16.2. The number of aryl methyl sites for hydroxylation is 2. The fourth-order valence-corrected chi connectivity index (χ4v) is 3.80. The molecule has 2 aromatic carbocycles. The number of hydrogen-bond donors (Lipinski definition) is 1. The molecule has 136 valence electrons. The van der Waals surface area contributed by atoms with Crippen molar-refractivity contribution < 1.29 is 4.79 Å². The Labute approximate surface area is 161 Å². The number of thiazole rings is 1. The van der Waals surface area contributed by atoms with Crippen LogP contribution in [-0.2, 0) is 24.8 Å². The maximum absolute atomic E-state index is 12.3. The van der Waals surface area contributed by atoms with Gasteiger partial charge in [0, 0.05) is 18.0 Å². The van der Waals surface area contributed by atoms with Gasteiger partial charge in [0.2, 0.25) is 5.91 Å². The lowest BCUT2D eigenvalue weighted by Crippen LogP contribution is -2.26. The Hall–Kier alpha value is -2.99. The first-order valence-electron chi connectivity index (χ1n) is 8.78. The number of amides is 1. The van der Waals surface area contributed by atoms with Crippen molar-refractivity contribution in [1.29, 1.82) is 0 Å². The molecule has 2 heterocycles. The summed E-state index contributed by atoms with van der Waals surface area (Å²) in [4.78, 5) is 21.5. The van der Waals surface area contributed by atoms with E-state index in [4.69, 9.17) is 0 Å². The number of carbonyl (C=O) groups is 1. The molecule has 0 aliphatic rings. The van der Waals surface area contributed by atoms with Crippen molar-refractivity contribution in [1.82, 2.24) is 19.9 Å². The van der Waals surface area contributed by atoms with Crippen molar-refractivity contribution >= 4 is 28.3 Å². The Balaban J connectivity index is 1.39. The van der Waals surface area contributed by atoms with Crippen molar-refractivity contribution in [2.45, 2.75) is 19.9 Å². The minimum absolute atomic E-state index is 0.0530. The lowest BCUT2D eigenvalue weighted by Gasteiger charge is -2.04. The standard InChI is InChI=1S/C21H20N4OS/c1-14-7-9-15(10-8-14)21-23-16(13-27-21)11-20(26)22-12-19-24-17-5-3-4-6-18(17)25(19)2/h3-10,13H,11-12H2,1-2H3,(H,22,26). The predicted molar refractivity (Wildman–Crippen MR) is 109 cm³/mol. The Bertz CT molecular complexity index is 1100. The molecule has 0 saturated carbocycles. The van der Waals surface area contributed by atoms with E-state index in [1.807, 2.05) is 41.3 Å². The molecule has 2 aromatic heterocycles. The molecule has 0 aliphatic heterocycles. The molecule has 0 saturated heterocycles. The molecule has 5 nitrogen and oxygen atoms in total. The van der Waals surface area contributed by atoms with Crippen molar-refractivity contribution in [3.63, 3.8) is 0 Å². The maximum atomic E-state index is 12.3. The zero-order chi connectivity index (χ0) is 18.8. The normalized spacial score (nSPS) is 11.0. The number of nitrogens with zero attached hydrogens (tertiary/aromatic N) is 3. The number of nitrogens with one attached hydrogen (secondary N) is 1.